The fourth-order valence-corrected chi connectivity index (χ4v) is 0.914. The lowest BCUT2D eigenvalue weighted by molar-refractivity contribution is -0.115. The van der Waals surface area contributed by atoms with Crippen molar-refractivity contribution in [2.24, 2.45) is 5.73 Å². The van der Waals surface area contributed by atoms with Crippen LogP contribution in [-0.2, 0) is 4.79 Å². The van der Waals surface area contributed by atoms with Gasteiger partial charge in [-0.05, 0) is 25.7 Å². The second-order valence-corrected chi connectivity index (χ2v) is 3.13. The molecule has 0 rings (SSSR count). The summed E-state index contributed by atoms with van der Waals surface area (Å²) >= 11 is 0. The van der Waals surface area contributed by atoms with Crippen LogP contribution in [0.1, 0.15) is 33.6 Å². The number of hydrogen-bond acceptors (Lipinski definition) is 2. The molecule has 3 nitrogen and oxygen atoms in total. The van der Waals surface area contributed by atoms with Crippen molar-refractivity contribution in [1.82, 2.24) is 5.32 Å². The first-order valence-corrected chi connectivity index (χ1v) is 4.57. The quantitative estimate of drug-likeness (QED) is 0.627. The maximum atomic E-state index is 11.0. The van der Waals surface area contributed by atoms with Crippen LogP contribution in [-0.4, -0.2) is 18.0 Å². The molecule has 3 N–H and O–H groups in total. The van der Waals surface area contributed by atoms with Crippen molar-refractivity contribution in [3.63, 3.8) is 0 Å². The van der Waals surface area contributed by atoms with E-state index in [9.17, 15) is 4.79 Å². The highest BCUT2D eigenvalue weighted by atomic mass is 16.1. The number of rotatable bonds is 4. The fourth-order valence-electron chi connectivity index (χ4n) is 0.914. The summed E-state index contributed by atoms with van der Waals surface area (Å²) in [7, 11) is 0. The van der Waals surface area contributed by atoms with Crippen LogP contribution in [0.25, 0.3) is 0 Å². The highest BCUT2D eigenvalue weighted by Crippen LogP contribution is 2.08. The molecule has 0 aromatic heterocycles. The molecule has 0 spiro atoms. The van der Waals surface area contributed by atoms with Gasteiger partial charge in [-0.25, -0.2) is 0 Å². The molecule has 0 fully saturated rings. The summed E-state index contributed by atoms with van der Waals surface area (Å²) in [5.41, 5.74) is 5.69. The SMILES string of the molecule is CC#CC(=O)NCC(N)(CC)CC. The van der Waals surface area contributed by atoms with Gasteiger partial charge in [-0.2, -0.15) is 0 Å². The lowest BCUT2D eigenvalue weighted by atomic mass is 9.94. The Bertz CT molecular complexity index is 221. The summed E-state index contributed by atoms with van der Waals surface area (Å²) < 4.78 is 0. The molecule has 0 bridgehead atoms. The van der Waals surface area contributed by atoms with Crippen molar-refractivity contribution in [2.75, 3.05) is 6.54 Å². The molecule has 0 aliphatic heterocycles. The van der Waals surface area contributed by atoms with Crippen LogP contribution in [0.15, 0.2) is 0 Å². The van der Waals surface area contributed by atoms with Crippen molar-refractivity contribution in [2.45, 2.75) is 39.2 Å². The molecule has 0 saturated heterocycles. The third-order valence-electron chi connectivity index (χ3n) is 2.25. The van der Waals surface area contributed by atoms with Crippen molar-refractivity contribution < 1.29 is 4.79 Å². The average Bonchev–Trinajstić information content (AvgIpc) is 2.15. The highest BCUT2D eigenvalue weighted by molar-refractivity contribution is 5.93. The fraction of sp³-hybridized carbons (Fsp3) is 0.700. The van der Waals surface area contributed by atoms with Gasteiger partial charge in [0.25, 0.3) is 5.91 Å². The number of hydrogen-bond donors (Lipinski definition) is 2. The van der Waals surface area contributed by atoms with Gasteiger partial charge in [-0.1, -0.05) is 19.8 Å². The van der Waals surface area contributed by atoms with Crippen molar-refractivity contribution in [1.29, 1.82) is 0 Å². The van der Waals surface area contributed by atoms with E-state index in [0.29, 0.717) is 6.54 Å². The highest BCUT2D eigenvalue weighted by Gasteiger charge is 2.20. The van der Waals surface area contributed by atoms with Gasteiger partial charge in [0.15, 0.2) is 0 Å². The summed E-state index contributed by atoms with van der Waals surface area (Å²) in [4.78, 5) is 11.0. The number of amides is 1. The van der Waals surface area contributed by atoms with E-state index in [0.717, 1.165) is 12.8 Å². The van der Waals surface area contributed by atoms with Crippen LogP contribution in [0.2, 0.25) is 0 Å². The van der Waals surface area contributed by atoms with E-state index in [2.05, 4.69) is 17.2 Å². The molecule has 0 aliphatic rings. The normalized spacial score (nSPS) is 10.2. The first-order valence-electron chi connectivity index (χ1n) is 4.57. The first-order chi connectivity index (χ1) is 6.08. The van der Waals surface area contributed by atoms with Gasteiger partial charge in [-0.15, -0.1) is 0 Å². The van der Waals surface area contributed by atoms with E-state index in [1.165, 1.54) is 0 Å². The molecule has 0 aromatic rings. The van der Waals surface area contributed by atoms with Crippen LogP contribution in [0.4, 0.5) is 0 Å². The molecule has 0 unspecified atom stereocenters. The second-order valence-electron chi connectivity index (χ2n) is 3.13. The van der Waals surface area contributed by atoms with Crippen LogP contribution in [0, 0.1) is 11.8 Å². The van der Waals surface area contributed by atoms with E-state index < -0.39 is 0 Å². The van der Waals surface area contributed by atoms with Crippen LogP contribution in [0.5, 0.6) is 0 Å². The number of carbonyl (C=O) groups is 1. The minimum absolute atomic E-state index is 0.251. The Morgan fingerprint density at radius 1 is 1.46 bits per heavy atom. The molecule has 74 valence electrons. The Hall–Kier alpha value is -1.01. The number of nitrogens with two attached hydrogens (primary N) is 1. The maximum Gasteiger partial charge on any atom is 0.295 e. The largest absolute Gasteiger partial charge is 0.343 e. The zero-order valence-electron chi connectivity index (χ0n) is 8.61. The molecule has 1 amide bonds. The Balaban J connectivity index is 3.97. The summed E-state index contributed by atoms with van der Waals surface area (Å²) in [5.74, 6) is 4.70. The van der Waals surface area contributed by atoms with E-state index >= 15 is 0 Å². The Morgan fingerprint density at radius 2 is 2.00 bits per heavy atom. The zero-order chi connectivity index (χ0) is 10.3. The first kappa shape index (κ1) is 12.0. The van der Waals surface area contributed by atoms with Crippen LogP contribution < -0.4 is 11.1 Å². The molecular weight excluding hydrogens is 164 g/mol. The molecule has 13 heavy (non-hydrogen) atoms. The Kier molecular flexibility index (Phi) is 5.17. The summed E-state index contributed by atoms with van der Waals surface area (Å²) in [6, 6.07) is 0. The minimum atomic E-state index is -0.287. The van der Waals surface area contributed by atoms with Crippen LogP contribution in [0.3, 0.4) is 0 Å². The smallest absolute Gasteiger partial charge is 0.295 e. The predicted octanol–water partition coefficient (Wildman–Crippen LogP) is 0.643. The molecule has 0 radical (unpaired) electrons. The monoisotopic (exact) mass is 182 g/mol. The number of carbonyl (C=O) groups excluding carboxylic acids is 1. The molecule has 0 aromatic carbocycles. The van der Waals surface area contributed by atoms with E-state index in [-0.39, 0.29) is 11.4 Å². The molecule has 0 aliphatic carbocycles. The standard InChI is InChI=1S/C10H18N2O/c1-4-7-9(13)12-8-10(11,5-2)6-3/h5-6,8,11H2,1-3H3,(H,12,13). The molecule has 3 heteroatoms. The minimum Gasteiger partial charge on any atom is -0.343 e. The average molecular weight is 182 g/mol. The summed E-state index contributed by atoms with van der Waals surface area (Å²) in [6.07, 6.45) is 1.70. The Labute approximate surface area is 80.1 Å². The molecule has 0 saturated carbocycles. The van der Waals surface area contributed by atoms with Gasteiger partial charge in [0.2, 0.25) is 0 Å². The van der Waals surface area contributed by atoms with Crippen molar-refractivity contribution in [3.8, 4) is 11.8 Å². The third-order valence-corrected chi connectivity index (χ3v) is 2.25. The van der Waals surface area contributed by atoms with Crippen molar-refractivity contribution >= 4 is 5.91 Å². The summed E-state index contributed by atoms with van der Waals surface area (Å²) in [6.45, 7) is 6.16. The van der Waals surface area contributed by atoms with Gasteiger partial charge in [0.1, 0.15) is 0 Å². The summed E-state index contributed by atoms with van der Waals surface area (Å²) in [5, 5.41) is 2.69. The topological polar surface area (TPSA) is 55.1 Å². The zero-order valence-corrected chi connectivity index (χ0v) is 8.61. The van der Waals surface area contributed by atoms with Gasteiger partial charge in [0, 0.05) is 12.1 Å². The Morgan fingerprint density at radius 3 is 2.38 bits per heavy atom. The van der Waals surface area contributed by atoms with Crippen molar-refractivity contribution in [3.05, 3.63) is 0 Å². The molecular formula is C10H18N2O. The van der Waals surface area contributed by atoms with Crippen LogP contribution >= 0.6 is 0 Å². The molecule has 0 atom stereocenters. The number of nitrogens with one attached hydrogen (secondary N) is 1. The van der Waals surface area contributed by atoms with Gasteiger partial charge in [-0.3, -0.25) is 4.79 Å². The van der Waals surface area contributed by atoms with Gasteiger partial charge in [0.05, 0.1) is 0 Å². The van der Waals surface area contributed by atoms with E-state index in [4.69, 9.17) is 5.73 Å². The molecule has 0 heterocycles. The van der Waals surface area contributed by atoms with E-state index in [1.54, 1.807) is 6.92 Å². The third kappa shape index (κ3) is 4.54. The second kappa shape index (κ2) is 5.60. The maximum absolute atomic E-state index is 11.0. The predicted molar refractivity (Wildman–Crippen MR) is 54.0 cm³/mol. The van der Waals surface area contributed by atoms with E-state index in [1.807, 2.05) is 13.8 Å². The van der Waals surface area contributed by atoms with Gasteiger partial charge < -0.3 is 11.1 Å². The van der Waals surface area contributed by atoms with Gasteiger partial charge >= 0.3 is 0 Å². The lowest BCUT2D eigenvalue weighted by Gasteiger charge is -2.26. The lowest BCUT2D eigenvalue weighted by Crippen LogP contribution is -2.49.